The number of rotatable bonds is 2. The van der Waals surface area contributed by atoms with E-state index in [4.69, 9.17) is 11.6 Å². The Morgan fingerprint density at radius 3 is 2.68 bits per heavy atom. The van der Waals surface area contributed by atoms with Crippen LogP contribution in [0.3, 0.4) is 0 Å². The van der Waals surface area contributed by atoms with Gasteiger partial charge in [-0.15, -0.1) is 0 Å². The zero-order valence-electron chi connectivity index (χ0n) is 10.1. The molecule has 3 nitrogen and oxygen atoms in total. The van der Waals surface area contributed by atoms with Gasteiger partial charge in [0.05, 0.1) is 10.7 Å². The molecule has 0 fully saturated rings. The molecule has 2 rings (SSSR count). The molecule has 0 saturated heterocycles. The molecule has 0 aliphatic heterocycles. The minimum atomic E-state index is -0.266. The van der Waals surface area contributed by atoms with Crippen molar-refractivity contribution in [1.29, 1.82) is 0 Å². The van der Waals surface area contributed by atoms with Gasteiger partial charge in [0.25, 0.3) is 5.91 Å². The normalized spacial score (nSPS) is 10.3. The Balaban J connectivity index is 2.28. The van der Waals surface area contributed by atoms with E-state index in [2.05, 4.69) is 21.2 Å². The van der Waals surface area contributed by atoms with Crippen molar-refractivity contribution in [2.75, 3.05) is 5.32 Å². The largest absolute Gasteiger partial charge is 0.508 e. The van der Waals surface area contributed by atoms with E-state index in [0.717, 1.165) is 4.47 Å². The fraction of sp³-hybridized carbons (Fsp3) is 0.0714. The van der Waals surface area contributed by atoms with Crippen LogP contribution < -0.4 is 5.32 Å². The highest BCUT2D eigenvalue weighted by molar-refractivity contribution is 9.10. The number of benzene rings is 2. The quantitative estimate of drug-likeness (QED) is 0.853. The number of phenolic OH excluding ortho intramolecular Hbond substituents is 1. The molecule has 0 aliphatic rings. The number of phenols is 1. The van der Waals surface area contributed by atoms with Crippen LogP contribution in [0.2, 0.25) is 5.02 Å². The molecule has 0 aliphatic carbocycles. The summed E-state index contributed by atoms with van der Waals surface area (Å²) in [5.41, 5.74) is 1.73. The molecule has 2 aromatic carbocycles. The van der Waals surface area contributed by atoms with Crippen LogP contribution in [0.25, 0.3) is 0 Å². The van der Waals surface area contributed by atoms with E-state index in [1.54, 1.807) is 31.2 Å². The van der Waals surface area contributed by atoms with E-state index in [9.17, 15) is 9.90 Å². The van der Waals surface area contributed by atoms with Crippen LogP contribution in [0.15, 0.2) is 40.9 Å². The Morgan fingerprint density at radius 1 is 1.26 bits per heavy atom. The molecule has 0 aromatic heterocycles. The van der Waals surface area contributed by atoms with Crippen molar-refractivity contribution in [2.24, 2.45) is 0 Å². The van der Waals surface area contributed by atoms with Crippen LogP contribution >= 0.6 is 27.5 Å². The molecular weight excluding hydrogens is 330 g/mol. The zero-order chi connectivity index (χ0) is 14.0. The van der Waals surface area contributed by atoms with Gasteiger partial charge in [0.2, 0.25) is 0 Å². The molecule has 98 valence electrons. The van der Waals surface area contributed by atoms with Gasteiger partial charge in [-0.3, -0.25) is 4.79 Å². The first kappa shape index (κ1) is 13.9. The third kappa shape index (κ3) is 3.28. The van der Waals surface area contributed by atoms with E-state index >= 15 is 0 Å². The number of carbonyl (C=O) groups is 1. The molecule has 1 amide bonds. The first-order valence-corrected chi connectivity index (χ1v) is 6.70. The minimum absolute atomic E-state index is 0.134. The average molecular weight is 341 g/mol. The minimum Gasteiger partial charge on any atom is -0.508 e. The highest BCUT2D eigenvalue weighted by atomic mass is 79.9. The Bertz CT molecular complexity index is 643. The number of amides is 1. The van der Waals surface area contributed by atoms with E-state index in [0.29, 0.717) is 21.8 Å². The highest BCUT2D eigenvalue weighted by Crippen LogP contribution is 2.26. The van der Waals surface area contributed by atoms with E-state index in [1.807, 2.05) is 0 Å². The summed E-state index contributed by atoms with van der Waals surface area (Å²) in [7, 11) is 0. The molecule has 0 spiro atoms. The van der Waals surface area contributed by atoms with Gasteiger partial charge in [0, 0.05) is 10.0 Å². The van der Waals surface area contributed by atoms with Crippen LogP contribution in [0.1, 0.15) is 15.9 Å². The van der Waals surface area contributed by atoms with Crippen molar-refractivity contribution in [3.63, 3.8) is 0 Å². The lowest BCUT2D eigenvalue weighted by Crippen LogP contribution is -2.13. The smallest absolute Gasteiger partial charge is 0.255 e. The molecule has 0 bridgehead atoms. The van der Waals surface area contributed by atoms with Crippen LogP contribution in [0, 0.1) is 6.92 Å². The SMILES string of the molecule is Cc1cc(O)ccc1C(=O)Nc1cc(Br)ccc1Cl. The van der Waals surface area contributed by atoms with Crippen molar-refractivity contribution < 1.29 is 9.90 Å². The highest BCUT2D eigenvalue weighted by Gasteiger charge is 2.11. The number of aromatic hydroxyl groups is 1. The van der Waals surface area contributed by atoms with Crippen molar-refractivity contribution in [3.8, 4) is 5.75 Å². The molecule has 2 N–H and O–H groups in total. The van der Waals surface area contributed by atoms with Crippen LogP contribution in [0.5, 0.6) is 5.75 Å². The van der Waals surface area contributed by atoms with Gasteiger partial charge in [0.15, 0.2) is 0 Å². The maximum absolute atomic E-state index is 12.1. The van der Waals surface area contributed by atoms with Crippen molar-refractivity contribution in [2.45, 2.75) is 6.92 Å². The van der Waals surface area contributed by atoms with Crippen LogP contribution in [0.4, 0.5) is 5.69 Å². The standard InChI is InChI=1S/C14H11BrClNO2/c1-8-6-10(18)3-4-11(8)14(19)17-13-7-9(15)2-5-12(13)16/h2-7,18H,1H3,(H,17,19). The first-order valence-electron chi connectivity index (χ1n) is 5.53. The number of halogens is 2. The summed E-state index contributed by atoms with van der Waals surface area (Å²) < 4.78 is 0.828. The second kappa shape index (κ2) is 5.63. The predicted octanol–water partition coefficient (Wildman–Crippen LogP) is 4.37. The molecule has 2 aromatic rings. The number of aryl methyl sites for hydroxylation is 1. The van der Waals surface area contributed by atoms with Gasteiger partial charge in [-0.1, -0.05) is 27.5 Å². The van der Waals surface area contributed by atoms with Gasteiger partial charge >= 0.3 is 0 Å². The lowest BCUT2D eigenvalue weighted by atomic mass is 10.1. The fourth-order valence-corrected chi connectivity index (χ4v) is 2.21. The summed E-state index contributed by atoms with van der Waals surface area (Å²) in [6, 6.07) is 9.82. The Morgan fingerprint density at radius 2 is 2.00 bits per heavy atom. The first-order chi connectivity index (χ1) is 8.97. The lowest BCUT2D eigenvalue weighted by Gasteiger charge is -2.09. The van der Waals surface area contributed by atoms with Gasteiger partial charge in [-0.05, 0) is 48.9 Å². The molecule has 0 unspecified atom stereocenters. The number of hydrogen-bond donors (Lipinski definition) is 2. The summed E-state index contributed by atoms with van der Waals surface area (Å²) in [4.78, 5) is 12.1. The van der Waals surface area contributed by atoms with Crippen LogP contribution in [-0.4, -0.2) is 11.0 Å². The summed E-state index contributed by atoms with van der Waals surface area (Å²) in [5, 5.41) is 12.5. The molecular formula is C14H11BrClNO2. The van der Waals surface area contributed by atoms with Crippen molar-refractivity contribution in [1.82, 2.24) is 0 Å². The summed E-state index contributed by atoms with van der Waals surface area (Å²) in [6.07, 6.45) is 0. The van der Waals surface area contributed by atoms with Gasteiger partial charge < -0.3 is 10.4 Å². The number of carbonyl (C=O) groups excluding carboxylic acids is 1. The average Bonchev–Trinajstić information content (AvgIpc) is 2.33. The van der Waals surface area contributed by atoms with Crippen molar-refractivity contribution >= 4 is 39.1 Å². The molecule has 0 atom stereocenters. The van der Waals surface area contributed by atoms with E-state index in [-0.39, 0.29) is 11.7 Å². The number of anilines is 1. The predicted molar refractivity (Wildman–Crippen MR) is 79.9 cm³/mol. The van der Waals surface area contributed by atoms with Crippen molar-refractivity contribution in [3.05, 3.63) is 57.0 Å². The Hall–Kier alpha value is -1.52. The second-order valence-corrected chi connectivity index (χ2v) is 5.40. The maximum Gasteiger partial charge on any atom is 0.255 e. The molecule has 0 heterocycles. The second-order valence-electron chi connectivity index (χ2n) is 4.08. The fourth-order valence-electron chi connectivity index (χ4n) is 1.69. The van der Waals surface area contributed by atoms with Crippen LogP contribution in [-0.2, 0) is 0 Å². The molecule has 0 radical (unpaired) electrons. The number of hydrogen-bond acceptors (Lipinski definition) is 2. The summed E-state index contributed by atoms with van der Waals surface area (Å²) in [5.74, 6) is -0.132. The topological polar surface area (TPSA) is 49.3 Å². The Kier molecular flexibility index (Phi) is 4.12. The summed E-state index contributed by atoms with van der Waals surface area (Å²) >= 11 is 9.34. The molecule has 5 heteroatoms. The third-order valence-corrected chi connectivity index (χ3v) is 3.45. The molecule has 19 heavy (non-hydrogen) atoms. The Labute approximate surface area is 124 Å². The lowest BCUT2D eigenvalue weighted by molar-refractivity contribution is 0.102. The number of nitrogens with one attached hydrogen (secondary N) is 1. The van der Waals surface area contributed by atoms with E-state index in [1.165, 1.54) is 12.1 Å². The monoisotopic (exact) mass is 339 g/mol. The molecule has 0 saturated carbocycles. The summed E-state index contributed by atoms with van der Waals surface area (Å²) in [6.45, 7) is 1.76. The van der Waals surface area contributed by atoms with Gasteiger partial charge in [-0.25, -0.2) is 0 Å². The maximum atomic E-state index is 12.1. The van der Waals surface area contributed by atoms with Gasteiger partial charge in [-0.2, -0.15) is 0 Å². The van der Waals surface area contributed by atoms with E-state index < -0.39 is 0 Å². The zero-order valence-corrected chi connectivity index (χ0v) is 12.4. The van der Waals surface area contributed by atoms with Gasteiger partial charge in [0.1, 0.15) is 5.75 Å². The third-order valence-electron chi connectivity index (χ3n) is 2.63.